The molecule has 0 heterocycles. The lowest BCUT2D eigenvalue weighted by Crippen LogP contribution is -2.39. The number of nitrogens with zero attached hydrogens (tertiary/aromatic N) is 1. The second kappa shape index (κ2) is 5.99. The van der Waals surface area contributed by atoms with Gasteiger partial charge in [0.25, 0.3) is 5.96 Å². The van der Waals surface area contributed by atoms with Gasteiger partial charge in [0.2, 0.25) is 0 Å². The van der Waals surface area contributed by atoms with Crippen molar-refractivity contribution in [2.24, 2.45) is 0 Å². The van der Waals surface area contributed by atoms with E-state index < -0.39 is 5.03 Å². The van der Waals surface area contributed by atoms with Crippen LogP contribution in [0.5, 0.6) is 0 Å². The fraction of sp³-hybridized carbons (Fsp3) is 0.571. The number of hydrazine groups is 1. The molecular formula is C7H14N4O2. The molecule has 0 spiro atoms. The molecule has 0 aromatic rings. The van der Waals surface area contributed by atoms with Gasteiger partial charge < -0.3 is 5.32 Å². The average molecular weight is 186 g/mol. The molecule has 0 radical (unpaired) electrons. The maximum absolute atomic E-state index is 9.86. The van der Waals surface area contributed by atoms with Gasteiger partial charge in [-0.25, -0.2) is 10.1 Å². The number of hydrogen-bond donors (Lipinski definition) is 3. The Labute approximate surface area is 76.6 Å². The van der Waals surface area contributed by atoms with Crippen LogP contribution in [0.15, 0.2) is 11.6 Å². The molecule has 0 bridgehead atoms. The predicted molar refractivity (Wildman–Crippen MR) is 49.9 cm³/mol. The first-order chi connectivity index (χ1) is 6.06. The quantitative estimate of drug-likeness (QED) is 0.197. The smallest absolute Gasteiger partial charge is 0.251 e. The second-order valence-electron chi connectivity index (χ2n) is 2.53. The summed E-state index contributed by atoms with van der Waals surface area (Å²) in [7, 11) is 0. The monoisotopic (exact) mass is 186 g/mol. The zero-order chi connectivity index (χ0) is 10.3. The van der Waals surface area contributed by atoms with Crippen molar-refractivity contribution in [1.29, 1.82) is 5.41 Å². The van der Waals surface area contributed by atoms with Gasteiger partial charge in [-0.2, -0.15) is 0 Å². The summed E-state index contributed by atoms with van der Waals surface area (Å²) in [6.45, 7) is 4.41. The number of guanidine groups is 1. The van der Waals surface area contributed by atoms with E-state index in [-0.39, 0.29) is 5.96 Å². The third-order valence-electron chi connectivity index (χ3n) is 1.49. The molecular weight excluding hydrogens is 172 g/mol. The molecule has 0 atom stereocenters. The molecule has 0 amide bonds. The summed E-state index contributed by atoms with van der Waals surface area (Å²) in [6.07, 6.45) is 2.83. The molecule has 0 aliphatic heterocycles. The largest absolute Gasteiger partial charge is 0.349 e. The first-order valence-corrected chi connectivity index (χ1v) is 3.95. The van der Waals surface area contributed by atoms with Crippen molar-refractivity contribution >= 4 is 5.96 Å². The van der Waals surface area contributed by atoms with Gasteiger partial charge in [0.1, 0.15) is 0 Å². The average Bonchev–Trinajstić information content (AvgIpc) is 2.02. The van der Waals surface area contributed by atoms with Crippen molar-refractivity contribution in [3.05, 3.63) is 21.8 Å². The second-order valence-corrected chi connectivity index (χ2v) is 2.53. The maximum Gasteiger partial charge on any atom is 0.251 e. The van der Waals surface area contributed by atoms with Crippen LogP contribution in [0.1, 0.15) is 20.3 Å². The summed E-state index contributed by atoms with van der Waals surface area (Å²) in [5.41, 5.74) is 2.88. The van der Waals surface area contributed by atoms with Gasteiger partial charge in [-0.15, -0.1) is 0 Å². The van der Waals surface area contributed by atoms with Crippen molar-refractivity contribution in [2.75, 3.05) is 6.54 Å². The van der Waals surface area contributed by atoms with E-state index in [9.17, 15) is 10.1 Å². The van der Waals surface area contributed by atoms with Gasteiger partial charge in [-0.3, -0.25) is 5.41 Å². The van der Waals surface area contributed by atoms with Crippen LogP contribution in [0, 0.1) is 15.5 Å². The van der Waals surface area contributed by atoms with Crippen molar-refractivity contribution in [3.63, 3.8) is 0 Å². The lowest BCUT2D eigenvalue weighted by molar-refractivity contribution is -0.525. The van der Waals surface area contributed by atoms with Gasteiger partial charge in [0.05, 0.1) is 0 Å². The third kappa shape index (κ3) is 6.79. The van der Waals surface area contributed by atoms with E-state index in [2.05, 4.69) is 5.32 Å². The van der Waals surface area contributed by atoms with Crippen LogP contribution >= 0.6 is 0 Å². The predicted octanol–water partition coefficient (Wildman–Crippen LogP) is 0.648. The van der Waals surface area contributed by atoms with Crippen LogP contribution in [0.25, 0.3) is 0 Å². The van der Waals surface area contributed by atoms with Crippen LogP contribution < -0.4 is 10.7 Å². The maximum atomic E-state index is 9.86. The number of rotatable bonds is 4. The van der Waals surface area contributed by atoms with Crippen LogP contribution in [0.3, 0.4) is 0 Å². The molecule has 0 rings (SSSR count). The minimum absolute atomic E-state index is 0.301. The summed E-state index contributed by atoms with van der Waals surface area (Å²) in [6, 6.07) is 0. The first-order valence-electron chi connectivity index (χ1n) is 3.95. The summed E-state index contributed by atoms with van der Waals surface area (Å²) in [5.74, 6) is -0.301. The van der Waals surface area contributed by atoms with E-state index in [0.29, 0.717) is 6.54 Å². The molecule has 0 saturated heterocycles. The highest BCUT2D eigenvalue weighted by molar-refractivity contribution is 5.75. The van der Waals surface area contributed by atoms with E-state index in [4.69, 9.17) is 5.41 Å². The number of hydrogen-bond acceptors (Lipinski definition) is 3. The summed E-state index contributed by atoms with van der Waals surface area (Å²) >= 11 is 0. The Kier molecular flexibility index (Phi) is 5.25. The molecule has 74 valence electrons. The Morgan fingerprint density at radius 3 is 2.77 bits per heavy atom. The normalized spacial score (nSPS) is 10.8. The lowest BCUT2D eigenvalue weighted by Gasteiger charge is -2.01. The van der Waals surface area contributed by atoms with Crippen molar-refractivity contribution < 1.29 is 5.03 Å². The van der Waals surface area contributed by atoms with E-state index in [1.54, 1.807) is 5.43 Å². The molecule has 6 heteroatoms. The third-order valence-corrected chi connectivity index (χ3v) is 1.49. The Morgan fingerprint density at radius 1 is 1.69 bits per heavy atom. The van der Waals surface area contributed by atoms with Crippen LogP contribution in [-0.2, 0) is 0 Å². The topological polar surface area (TPSA) is 91.1 Å². The van der Waals surface area contributed by atoms with Crippen molar-refractivity contribution in [3.8, 4) is 0 Å². The molecule has 0 aromatic heterocycles. The minimum Gasteiger partial charge on any atom is -0.349 e. The van der Waals surface area contributed by atoms with Crippen molar-refractivity contribution in [1.82, 2.24) is 10.7 Å². The Bertz CT molecular complexity index is 225. The van der Waals surface area contributed by atoms with E-state index in [0.717, 1.165) is 6.42 Å². The molecule has 13 heavy (non-hydrogen) atoms. The highest BCUT2D eigenvalue weighted by Gasteiger charge is 1.98. The highest BCUT2D eigenvalue weighted by atomic mass is 16.7. The van der Waals surface area contributed by atoms with Gasteiger partial charge in [-0.05, 0) is 13.3 Å². The standard InChI is InChI=1S/C7H14N4O2/c1-3-6(2)4-5-9-7(8)10-11(12)13/h4H,3,5H2,1-2H3,(H3,8,9,10)/b6-4+. The molecule has 3 N–H and O–H groups in total. The Morgan fingerprint density at radius 2 is 2.31 bits per heavy atom. The van der Waals surface area contributed by atoms with Gasteiger partial charge in [-0.1, -0.05) is 24.0 Å². The number of nitrogens with one attached hydrogen (secondary N) is 3. The number of nitro groups is 1. The molecule has 0 fully saturated rings. The van der Waals surface area contributed by atoms with Crippen LogP contribution in [-0.4, -0.2) is 17.5 Å². The highest BCUT2D eigenvalue weighted by Crippen LogP contribution is 1.95. The van der Waals surface area contributed by atoms with Crippen molar-refractivity contribution in [2.45, 2.75) is 20.3 Å². The lowest BCUT2D eigenvalue weighted by atomic mass is 10.2. The minimum atomic E-state index is -0.772. The molecule has 0 unspecified atom stereocenters. The summed E-state index contributed by atoms with van der Waals surface area (Å²) < 4.78 is 0. The van der Waals surface area contributed by atoms with Gasteiger partial charge >= 0.3 is 0 Å². The molecule has 6 nitrogen and oxygen atoms in total. The SMILES string of the molecule is CC/C(C)=C/CNC(=N)N[N+](=O)[O-]. The van der Waals surface area contributed by atoms with Gasteiger partial charge in [0.15, 0.2) is 5.03 Å². The summed E-state index contributed by atoms with van der Waals surface area (Å²) in [4.78, 5) is 9.86. The molecule has 0 aromatic carbocycles. The Balaban J connectivity index is 3.65. The zero-order valence-corrected chi connectivity index (χ0v) is 7.76. The Hall–Kier alpha value is -1.59. The summed E-state index contributed by atoms with van der Waals surface area (Å²) in [5, 5.41) is 18.6. The fourth-order valence-corrected chi connectivity index (χ4v) is 0.602. The fourth-order valence-electron chi connectivity index (χ4n) is 0.602. The first kappa shape index (κ1) is 11.4. The van der Waals surface area contributed by atoms with Crippen LogP contribution in [0.4, 0.5) is 0 Å². The van der Waals surface area contributed by atoms with Crippen LogP contribution in [0.2, 0.25) is 0 Å². The molecule has 0 saturated carbocycles. The molecule has 0 aliphatic carbocycles. The van der Waals surface area contributed by atoms with E-state index >= 15 is 0 Å². The number of allylic oxidation sites excluding steroid dienone is 1. The van der Waals surface area contributed by atoms with E-state index in [1.807, 2.05) is 19.9 Å². The zero-order valence-electron chi connectivity index (χ0n) is 7.76. The van der Waals surface area contributed by atoms with E-state index in [1.165, 1.54) is 5.57 Å². The van der Waals surface area contributed by atoms with Gasteiger partial charge in [0, 0.05) is 6.54 Å². The molecule has 0 aliphatic rings.